The average molecular weight is 390 g/mol. The van der Waals surface area contributed by atoms with Gasteiger partial charge in [0.2, 0.25) is 11.8 Å². The highest BCUT2D eigenvalue weighted by molar-refractivity contribution is 5.99. The van der Waals surface area contributed by atoms with E-state index in [-0.39, 0.29) is 24.2 Å². The molecule has 0 aromatic heterocycles. The summed E-state index contributed by atoms with van der Waals surface area (Å²) in [5.41, 5.74) is 9.09. The predicted molar refractivity (Wildman–Crippen MR) is 109 cm³/mol. The fraction of sp³-hybridized carbons (Fsp3) is 0.300. The summed E-state index contributed by atoms with van der Waals surface area (Å²) < 4.78 is 5.21. The number of benzene rings is 2. The van der Waals surface area contributed by atoms with Crippen molar-refractivity contribution in [1.82, 2.24) is 0 Å². The lowest BCUT2D eigenvalue weighted by Crippen LogP contribution is -2.32. The maximum Gasteiger partial charge on any atom is 0.240 e. The summed E-state index contributed by atoms with van der Waals surface area (Å²) in [7, 11) is 1.61. The van der Waals surface area contributed by atoms with Gasteiger partial charge in [-0.15, -0.1) is 12.4 Å². The Balaban J connectivity index is 0.00000261. The quantitative estimate of drug-likeness (QED) is 0.822. The van der Waals surface area contributed by atoms with E-state index in [9.17, 15) is 9.59 Å². The number of hydrogen-bond acceptors (Lipinski definition) is 4. The van der Waals surface area contributed by atoms with E-state index in [0.29, 0.717) is 18.7 Å². The number of amides is 2. The number of methoxy groups -OCH3 is 1. The van der Waals surface area contributed by atoms with Gasteiger partial charge in [0.15, 0.2) is 0 Å². The molecule has 27 heavy (non-hydrogen) atoms. The van der Waals surface area contributed by atoms with Crippen molar-refractivity contribution in [3.8, 4) is 5.75 Å². The van der Waals surface area contributed by atoms with Gasteiger partial charge < -0.3 is 20.7 Å². The highest BCUT2D eigenvalue weighted by Crippen LogP contribution is 2.31. The van der Waals surface area contributed by atoms with Gasteiger partial charge in [0, 0.05) is 17.9 Å². The van der Waals surface area contributed by atoms with Gasteiger partial charge in [-0.1, -0.05) is 18.2 Å². The molecule has 2 aromatic rings. The molecule has 0 aliphatic carbocycles. The Labute approximate surface area is 165 Å². The molecular formula is C20H24ClN3O3. The molecule has 1 heterocycles. The molecule has 0 bridgehead atoms. The highest BCUT2D eigenvalue weighted by Gasteiger charge is 2.25. The van der Waals surface area contributed by atoms with Crippen molar-refractivity contribution in [3.05, 3.63) is 53.6 Å². The van der Waals surface area contributed by atoms with Crippen molar-refractivity contribution < 1.29 is 14.3 Å². The van der Waals surface area contributed by atoms with Crippen LogP contribution in [0.1, 0.15) is 18.1 Å². The predicted octanol–water partition coefficient (Wildman–Crippen LogP) is 2.53. The van der Waals surface area contributed by atoms with Crippen molar-refractivity contribution in [3.63, 3.8) is 0 Å². The molecule has 0 spiro atoms. The largest absolute Gasteiger partial charge is 0.497 e. The third-order valence-corrected chi connectivity index (χ3v) is 4.45. The number of hydrogen-bond donors (Lipinski definition) is 2. The lowest BCUT2D eigenvalue weighted by atomic mass is 10.1. The summed E-state index contributed by atoms with van der Waals surface area (Å²) in [6.07, 6.45) is 1.10. The molecule has 0 fully saturated rings. The number of rotatable bonds is 5. The summed E-state index contributed by atoms with van der Waals surface area (Å²) >= 11 is 0. The molecular weight excluding hydrogens is 366 g/mol. The topological polar surface area (TPSA) is 84.7 Å². The fourth-order valence-electron chi connectivity index (χ4n) is 3.02. The van der Waals surface area contributed by atoms with E-state index in [2.05, 4.69) is 5.32 Å². The molecule has 3 N–H and O–H groups in total. The lowest BCUT2D eigenvalue weighted by Gasteiger charge is -2.19. The number of nitrogens with one attached hydrogen (secondary N) is 1. The second-order valence-corrected chi connectivity index (χ2v) is 6.45. The van der Waals surface area contributed by atoms with E-state index in [1.165, 1.54) is 0 Å². The second-order valence-electron chi connectivity index (χ2n) is 6.45. The van der Waals surface area contributed by atoms with Crippen LogP contribution >= 0.6 is 12.4 Å². The Morgan fingerprint density at radius 2 is 2.04 bits per heavy atom. The van der Waals surface area contributed by atoms with Gasteiger partial charge in [-0.25, -0.2) is 0 Å². The van der Waals surface area contributed by atoms with Crippen LogP contribution in [0, 0.1) is 0 Å². The molecule has 0 saturated heterocycles. The minimum absolute atomic E-state index is 0. The number of nitrogens with zero attached hydrogens (tertiary/aromatic N) is 1. The first-order valence-electron chi connectivity index (χ1n) is 8.60. The van der Waals surface area contributed by atoms with Crippen LogP contribution in [0.3, 0.4) is 0 Å². The van der Waals surface area contributed by atoms with E-state index in [1.807, 2.05) is 42.5 Å². The van der Waals surface area contributed by atoms with Gasteiger partial charge >= 0.3 is 0 Å². The van der Waals surface area contributed by atoms with E-state index < -0.39 is 6.04 Å². The minimum atomic E-state index is -0.589. The van der Waals surface area contributed by atoms with Crippen LogP contribution in [0.25, 0.3) is 0 Å². The maximum absolute atomic E-state index is 12.8. The van der Waals surface area contributed by atoms with Crippen molar-refractivity contribution >= 4 is 35.6 Å². The molecule has 2 amide bonds. The van der Waals surface area contributed by atoms with Crippen molar-refractivity contribution in [2.24, 2.45) is 5.73 Å². The normalized spacial score (nSPS) is 13.4. The highest BCUT2D eigenvalue weighted by atomic mass is 35.5. The number of carbonyl (C=O) groups is 2. The first-order valence-corrected chi connectivity index (χ1v) is 8.60. The Morgan fingerprint density at radius 1 is 1.26 bits per heavy atom. The molecule has 1 aliphatic rings. The molecule has 2 aromatic carbocycles. The van der Waals surface area contributed by atoms with E-state index in [4.69, 9.17) is 10.5 Å². The number of carbonyl (C=O) groups excluding carboxylic acids is 2. The van der Waals surface area contributed by atoms with Crippen molar-refractivity contribution in [2.45, 2.75) is 25.8 Å². The zero-order valence-electron chi connectivity index (χ0n) is 15.4. The van der Waals surface area contributed by atoms with E-state index in [1.54, 1.807) is 18.9 Å². The Bertz CT molecular complexity index is 839. The third kappa shape index (κ3) is 4.78. The standard InChI is InChI=1S/C20H23N3O3.ClH/c1-13(21)20(25)22-16-7-6-15-8-9-23(18(15)12-16)19(24)11-14-4-3-5-17(10-14)26-2;/h3-7,10,12-13H,8-9,11,21H2,1-2H3,(H,22,25);1H/t13-;/m0./s1. The van der Waals surface area contributed by atoms with Crippen LogP contribution < -0.4 is 20.7 Å². The van der Waals surface area contributed by atoms with Crippen LogP contribution in [0.5, 0.6) is 5.75 Å². The second kappa shape index (κ2) is 8.88. The Kier molecular flexibility index (Phi) is 6.82. The summed E-state index contributed by atoms with van der Waals surface area (Å²) in [6, 6.07) is 12.6. The first-order chi connectivity index (χ1) is 12.5. The van der Waals surface area contributed by atoms with Crippen LogP contribution in [0.15, 0.2) is 42.5 Å². The van der Waals surface area contributed by atoms with Crippen LogP contribution in [0.4, 0.5) is 11.4 Å². The maximum atomic E-state index is 12.8. The van der Waals surface area contributed by atoms with Gasteiger partial charge in [-0.3, -0.25) is 9.59 Å². The van der Waals surface area contributed by atoms with Gasteiger partial charge in [-0.2, -0.15) is 0 Å². The smallest absolute Gasteiger partial charge is 0.240 e. The van der Waals surface area contributed by atoms with Gasteiger partial charge in [0.25, 0.3) is 0 Å². The van der Waals surface area contributed by atoms with E-state index >= 15 is 0 Å². The first kappa shape index (κ1) is 20.7. The van der Waals surface area contributed by atoms with Gasteiger partial charge in [0.1, 0.15) is 5.75 Å². The number of anilines is 2. The van der Waals surface area contributed by atoms with Crippen LogP contribution in [-0.4, -0.2) is 31.5 Å². The SMILES string of the molecule is COc1cccc(CC(=O)N2CCc3ccc(NC(=O)[C@H](C)N)cc32)c1.Cl. The molecule has 3 rings (SSSR count). The monoisotopic (exact) mass is 389 g/mol. The summed E-state index contributed by atoms with van der Waals surface area (Å²) in [6.45, 7) is 2.27. The number of fused-ring (bicyclic) bond motifs is 1. The third-order valence-electron chi connectivity index (χ3n) is 4.45. The summed E-state index contributed by atoms with van der Waals surface area (Å²) in [5, 5.41) is 2.78. The van der Waals surface area contributed by atoms with Crippen molar-refractivity contribution in [1.29, 1.82) is 0 Å². The molecule has 7 heteroatoms. The Morgan fingerprint density at radius 3 is 2.74 bits per heavy atom. The zero-order chi connectivity index (χ0) is 18.7. The van der Waals surface area contributed by atoms with Crippen LogP contribution in [-0.2, 0) is 22.4 Å². The average Bonchev–Trinajstić information content (AvgIpc) is 3.05. The van der Waals surface area contributed by atoms with Crippen molar-refractivity contribution in [2.75, 3.05) is 23.9 Å². The molecule has 0 saturated carbocycles. The molecule has 0 radical (unpaired) electrons. The lowest BCUT2D eigenvalue weighted by molar-refractivity contribution is -0.118. The van der Waals surface area contributed by atoms with Gasteiger partial charge in [0.05, 0.1) is 19.6 Å². The summed E-state index contributed by atoms with van der Waals surface area (Å²) in [4.78, 5) is 26.4. The summed E-state index contributed by atoms with van der Waals surface area (Å²) in [5.74, 6) is 0.503. The number of halogens is 1. The fourth-order valence-corrected chi connectivity index (χ4v) is 3.02. The molecule has 1 aliphatic heterocycles. The number of ether oxygens (including phenoxy) is 1. The van der Waals surface area contributed by atoms with Crippen LogP contribution in [0.2, 0.25) is 0 Å². The zero-order valence-corrected chi connectivity index (χ0v) is 16.2. The Hall–Kier alpha value is -2.57. The minimum Gasteiger partial charge on any atom is -0.497 e. The molecule has 144 valence electrons. The van der Waals surface area contributed by atoms with Gasteiger partial charge in [-0.05, 0) is 48.7 Å². The molecule has 1 atom stereocenters. The number of nitrogens with two attached hydrogens (primary N) is 1. The molecule has 0 unspecified atom stereocenters. The van der Waals surface area contributed by atoms with E-state index in [0.717, 1.165) is 29.0 Å². The molecule has 6 nitrogen and oxygen atoms in total.